The van der Waals surface area contributed by atoms with Gasteiger partial charge in [-0.1, -0.05) is 13.8 Å². The third-order valence-electron chi connectivity index (χ3n) is 6.71. The third kappa shape index (κ3) is 2.65. The maximum absolute atomic E-state index is 11.6. The molecule has 2 aliphatic heterocycles. The van der Waals surface area contributed by atoms with Crippen LogP contribution in [0.5, 0.6) is 0 Å². The summed E-state index contributed by atoms with van der Waals surface area (Å²) in [6.07, 6.45) is 3.07. The van der Waals surface area contributed by atoms with E-state index in [1.54, 1.807) is 6.26 Å². The van der Waals surface area contributed by atoms with E-state index in [1.165, 1.54) is 13.8 Å². The first-order valence-electron chi connectivity index (χ1n) is 9.05. The third-order valence-corrected chi connectivity index (χ3v) is 6.71. The Labute approximate surface area is 147 Å². The van der Waals surface area contributed by atoms with Gasteiger partial charge in [0.1, 0.15) is 12.2 Å². The summed E-state index contributed by atoms with van der Waals surface area (Å²) in [7, 11) is 0. The van der Waals surface area contributed by atoms with Gasteiger partial charge in [-0.25, -0.2) is 0 Å². The topological polar surface area (TPSA) is 74.4 Å². The Morgan fingerprint density at radius 3 is 2.56 bits per heavy atom. The Balaban J connectivity index is 1.70. The van der Waals surface area contributed by atoms with E-state index in [-0.39, 0.29) is 41.4 Å². The summed E-state index contributed by atoms with van der Waals surface area (Å²) in [4.78, 5) is 22.9. The summed E-state index contributed by atoms with van der Waals surface area (Å²) >= 11 is 0. The van der Waals surface area contributed by atoms with Gasteiger partial charge in [-0.3, -0.25) is 9.59 Å². The summed E-state index contributed by atoms with van der Waals surface area (Å²) in [6, 6.07) is 0. The molecule has 0 bridgehead atoms. The van der Waals surface area contributed by atoms with Gasteiger partial charge in [0.25, 0.3) is 0 Å². The predicted octanol–water partition coefficient (Wildman–Crippen LogP) is 2.42. The van der Waals surface area contributed by atoms with Crippen LogP contribution in [-0.4, -0.2) is 37.0 Å². The molecule has 25 heavy (non-hydrogen) atoms. The van der Waals surface area contributed by atoms with Crippen LogP contribution in [0.2, 0.25) is 0 Å². The molecule has 2 aliphatic carbocycles. The second-order valence-corrected chi connectivity index (χ2v) is 8.48. The van der Waals surface area contributed by atoms with Gasteiger partial charge < -0.3 is 18.9 Å². The molecule has 0 aromatic carbocycles. The van der Waals surface area contributed by atoms with Crippen molar-refractivity contribution >= 4 is 11.9 Å². The second kappa shape index (κ2) is 5.47. The van der Waals surface area contributed by atoms with E-state index in [0.29, 0.717) is 18.4 Å². The van der Waals surface area contributed by atoms with Crippen LogP contribution in [0.4, 0.5) is 0 Å². The van der Waals surface area contributed by atoms with E-state index in [9.17, 15) is 9.59 Å². The molecule has 4 aliphatic rings. The molecule has 138 valence electrons. The lowest BCUT2D eigenvalue weighted by Crippen LogP contribution is -2.47. The maximum atomic E-state index is 11.6. The molecule has 0 aromatic rings. The zero-order valence-electron chi connectivity index (χ0n) is 15.2. The highest BCUT2D eigenvalue weighted by molar-refractivity contribution is 5.66. The van der Waals surface area contributed by atoms with Crippen molar-refractivity contribution in [2.24, 2.45) is 29.1 Å². The number of fused-ring (bicyclic) bond motifs is 4. The average Bonchev–Trinajstić information content (AvgIpc) is 3.40. The van der Waals surface area contributed by atoms with Gasteiger partial charge in [0, 0.05) is 25.3 Å². The summed E-state index contributed by atoms with van der Waals surface area (Å²) in [5.41, 5.74) is 0.928. The molecule has 1 spiro atoms. The van der Waals surface area contributed by atoms with Crippen LogP contribution in [-0.2, 0) is 28.5 Å². The van der Waals surface area contributed by atoms with Gasteiger partial charge in [-0.2, -0.15) is 0 Å². The summed E-state index contributed by atoms with van der Waals surface area (Å²) < 4.78 is 22.5. The van der Waals surface area contributed by atoms with Crippen LogP contribution in [0.1, 0.15) is 40.5 Å². The zero-order chi connectivity index (χ0) is 18.0. The molecule has 6 atom stereocenters. The first-order valence-corrected chi connectivity index (χ1v) is 9.05. The van der Waals surface area contributed by atoms with E-state index in [1.807, 2.05) is 0 Å². The molecule has 2 saturated carbocycles. The fraction of sp³-hybridized carbons (Fsp3) is 0.789. The van der Waals surface area contributed by atoms with Crippen molar-refractivity contribution in [1.82, 2.24) is 0 Å². The number of esters is 2. The molecule has 2 heterocycles. The molecule has 6 nitrogen and oxygen atoms in total. The number of hydrogen-bond acceptors (Lipinski definition) is 6. The van der Waals surface area contributed by atoms with E-state index in [0.717, 1.165) is 18.4 Å². The van der Waals surface area contributed by atoms with Crippen molar-refractivity contribution in [3.8, 4) is 0 Å². The van der Waals surface area contributed by atoms with Crippen molar-refractivity contribution < 1.29 is 28.5 Å². The highest BCUT2D eigenvalue weighted by atomic mass is 16.7. The van der Waals surface area contributed by atoms with Crippen molar-refractivity contribution in [2.45, 2.75) is 52.4 Å². The molecule has 0 radical (unpaired) electrons. The van der Waals surface area contributed by atoms with Crippen LogP contribution in [0.15, 0.2) is 11.8 Å². The molecule has 6 unspecified atom stereocenters. The highest BCUT2D eigenvalue weighted by Crippen LogP contribution is 2.71. The minimum absolute atomic E-state index is 0.0521. The number of hydrogen-bond donors (Lipinski definition) is 0. The lowest BCUT2D eigenvalue weighted by Gasteiger charge is -2.40. The molecule has 0 amide bonds. The molecular weight excluding hydrogens is 324 g/mol. The van der Waals surface area contributed by atoms with Gasteiger partial charge in [0.15, 0.2) is 0 Å². The Hall–Kier alpha value is -1.56. The fourth-order valence-corrected chi connectivity index (χ4v) is 5.37. The normalized spacial score (nSPS) is 42.9. The Morgan fingerprint density at radius 2 is 1.96 bits per heavy atom. The van der Waals surface area contributed by atoms with Gasteiger partial charge in [0.2, 0.25) is 6.29 Å². The van der Waals surface area contributed by atoms with Crippen LogP contribution >= 0.6 is 0 Å². The van der Waals surface area contributed by atoms with Gasteiger partial charge in [0.05, 0.1) is 18.8 Å². The minimum atomic E-state index is -0.638. The van der Waals surface area contributed by atoms with Crippen LogP contribution in [0, 0.1) is 29.1 Å². The highest BCUT2D eigenvalue weighted by Gasteiger charge is 2.72. The smallest absolute Gasteiger partial charge is 0.305 e. The largest absolute Gasteiger partial charge is 0.462 e. The van der Waals surface area contributed by atoms with Gasteiger partial charge in [-0.05, 0) is 30.1 Å². The van der Waals surface area contributed by atoms with Crippen molar-refractivity contribution in [1.29, 1.82) is 0 Å². The summed E-state index contributed by atoms with van der Waals surface area (Å²) in [5.74, 6) is 0.501. The number of epoxide rings is 1. The number of carbonyl (C=O) groups excluding carboxylic acids is 2. The van der Waals surface area contributed by atoms with Crippen LogP contribution in [0.3, 0.4) is 0 Å². The van der Waals surface area contributed by atoms with E-state index >= 15 is 0 Å². The Morgan fingerprint density at radius 1 is 1.24 bits per heavy atom. The van der Waals surface area contributed by atoms with E-state index < -0.39 is 6.29 Å². The number of rotatable bonds is 3. The summed E-state index contributed by atoms with van der Waals surface area (Å²) in [6.45, 7) is 8.30. The first kappa shape index (κ1) is 16.9. The first-order chi connectivity index (χ1) is 11.8. The van der Waals surface area contributed by atoms with Crippen molar-refractivity contribution in [3.05, 3.63) is 11.8 Å². The molecule has 0 aromatic heterocycles. The Kier molecular flexibility index (Phi) is 3.69. The molecule has 4 rings (SSSR count). The molecule has 1 saturated heterocycles. The number of carbonyl (C=O) groups is 2. The van der Waals surface area contributed by atoms with Crippen LogP contribution < -0.4 is 0 Å². The average molecular weight is 350 g/mol. The minimum Gasteiger partial charge on any atom is -0.462 e. The Bertz CT molecular complexity index is 632. The standard InChI is InChI=1S/C19H26O6/c1-10(20)22-7-12-8-23-17(25-11(2)21)16-14(12)15-13(18(15,3)4)5-6-19(16)9-24-19/h8,13-17H,5-7,9H2,1-4H3. The molecule has 6 heteroatoms. The molecular formula is C19H26O6. The lowest BCUT2D eigenvalue weighted by molar-refractivity contribution is -0.192. The summed E-state index contributed by atoms with van der Waals surface area (Å²) in [5, 5.41) is 0. The zero-order valence-corrected chi connectivity index (χ0v) is 15.2. The van der Waals surface area contributed by atoms with E-state index in [2.05, 4.69) is 13.8 Å². The second-order valence-electron chi connectivity index (χ2n) is 8.48. The number of ether oxygens (including phenoxy) is 4. The molecule has 3 fully saturated rings. The van der Waals surface area contributed by atoms with Crippen molar-refractivity contribution in [2.75, 3.05) is 13.2 Å². The van der Waals surface area contributed by atoms with Gasteiger partial charge >= 0.3 is 11.9 Å². The van der Waals surface area contributed by atoms with Crippen molar-refractivity contribution in [3.63, 3.8) is 0 Å². The SMILES string of the molecule is CC(=O)OCC1=COC(OC(C)=O)C2C1C1C(CCC23CO3)C1(C)C. The van der Waals surface area contributed by atoms with Gasteiger partial charge in [-0.15, -0.1) is 0 Å². The van der Waals surface area contributed by atoms with E-state index in [4.69, 9.17) is 18.9 Å². The monoisotopic (exact) mass is 350 g/mol. The molecule has 0 N–H and O–H groups in total. The van der Waals surface area contributed by atoms with Crippen LogP contribution in [0.25, 0.3) is 0 Å². The maximum Gasteiger partial charge on any atom is 0.305 e. The lowest BCUT2D eigenvalue weighted by atomic mass is 9.72. The fourth-order valence-electron chi connectivity index (χ4n) is 5.37. The predicted molar refractivity (Wildman–Crippen MR) is 87.0 cm³/mol. The quantitative estimate of drug-likeness (QED) is 0.575.